The Labute approximate surface area is 137 Å². The molecule has 4 heteroatoms. The topological polar surface area (TPSA) is 29.5 Å². The van der Waals surface area contributed by atoms with Crippen molar-refractivity contribution in [3.8, 4) is 0 Å². The van der Waals surface area contributed by atoms with Gasteiger partial charge < -0.3 is 9.64 Å². The molecule has 1 amide bonds. The van der Waals surface area contributed by atoms with Crippen molar-refractivity contribution in [1.82, 2.24) is 4.90 Å². The van der Waals surface area contributed by atoms with E-state index in [1.54, 1.807) is 0 Å². The van der Waals surface area contributed by atoms with E-state index >= 15 is 0 Å². The van der Waals surface area contributed by atoms with Crippen molar-refractivity contribution in [2.24, 2.45) is 11.8 Å². The average Bonchev–Trinajstić information content (AvgIpc) is 2.48. The molecule has 126 valence electrons. The van der Waals surface area contributed by atoms with Crippen LogP contribution >= 0.6 is 0 Å². The molecule has 1 aromatic carbocycles. The lowest BCUT2D eigenvalue weighted by molar-refractivity contribution is -0.0316. The van der Waals surface area contributed by atoms with Crippen molar-refractivity contribution in [2.45, 2.75) is 58.1 Å². The van der Waals surface area contributed by atoms with Crippen molar-refractivity contribution in [3.05, 3.63) is 35.6 Å². The second-order valence-corrected chi connectivity index (χ2v) is 7.97. The molecule has 3 aliphatic rings. The SMILES string of the molecule is CC(C)(C)OC(=O)N1C[C@@H]2CC[C@H]1[C@H](Cc1ccc(F)cc1)C2. The number of carbonyl (C=O) groups is 1. The molecule has 4 rings (SSSR count). The van der Waals surface area contributed by atoms with E-state index < -0.39 is 5.60 Å². The summed E-state index contributed by atoms with van der Waals surface area (Å²) in [6, 6.07) is 6.99. The number of nitrogens with zero attached hydrogens (tertiary/aromatic N) is 1. The zero-order valence-corrected chi connectivity index (χ0v) is 14.2. The molecule has 2 heterocycles. The number of carbonyl (C=O) groups excluding carboxylic acids is 1. The third kappa shape index (κ3) is 3.85. The van der Waals surface area contributed by atoms with Gasteiger partial charge in [-0.25, -0.2) is 9.18 Å². The Morgan fingerprint density at radius 1 is 1.26 bits per heavy atom. The monoisotopic (exact) mass is 319 g/mol. The van der Waals surface area contributed by atoms with Crippen LogP contribution in [0.25, 0.3) is 0 Å². The molecule has 0 N–H and O–H groups in total. The molecule has 23 heavy (non-hydrogen) atoms. The fourth-order valence-corrected chi connectivity index (χ4v) is 4.01. The average molecular weight is 319 g/mol. The van der Waals surface area contributed by atoms with Gasteiger partial charge in [0.1, 0.15) is 11.4 Å². The lowest BCUT2D eigenvalue weighted by Gasteiger charge is -2.50. The quantitative estimate of drug-likeness (QED) is 0.808. The molecule has 0 unspecified atom stereocenters. The number of hydrogen-bond donors (Lipinski definition) is 0. The van der Waals surface area contributed by atoms with Crippen molar-refractivity contribution in [1.29, 1.82) is 0 Å². The molecule has 2 bridgehead atoms. The van der Waals surface area contributed by atoms with Crippen molar-refractivity contribution < 1.29 is 13.9 Å². The van der Waals surface area contributed by atoms with Gasteiger partial charge in [0.05, 0.1) is 0 Å². The number of ether oxygens (including phenoxy) is 1. The number of halogens is 1. The molecule has 2 saturated heterocycles. The number of rotatable bonds is 2. The summed E-state index contributed by atoms with van der Waals surface area (Å²) >= 11 is 0. The first kappa shape index (κ1) is 16.3. The third-order valence-electron chi connectivity index (χ3n) is 4.95. The van der Waals surface area contributed by atoms with Gasteiger partial charge in [0.15, 0.2) is 0 Å². The Bertz CT molecular complexity index is 564. The summed E-state index contributed by atoms with van der Waals surface area (Å²) < 4.78 is 18.7. The van der Waals surface area contributed by atoms with Gasteiger partial charge in [0.2, 0.25) is 0 Å². The van der Waals surface area contributed by atoms with Crippen molar-refractivity contribution >= 4 is 6.09 Å². The Hall–Kier alpha value is -1.58. The molecule has 0 radical (unpaired) electrons. The maximum absolute atomic E-state index is 13.1. The molecule has 2 aliphatic heterocycles. The summed E-state index contributed by atoms with van der Waals surface area (Å²) in [6.07, 6.45) is 4.12. The minimum absolute atomic E-state index is 0.184. The third-order valence-corrected chi connectivity index (χ3v) is 4.95. The molecular weight excluding hydrogens is 293 g/mol. The van der Waals surface area contributed by atoms with E-state index in [4.69, 9.17) is 4.74 Å². The van der Waals surface area contributed by atoms with Crippen LogP contribution in [0, 0.1) is 17.7 Å². The van der Waals surface area contributed by atoms with Crippen molar-refractivity contribution in [2.75, 3.05) is 6.54 Å². The summed E-state index contributed by atoms with van der Waals surface area (Å²) in [5, 5.41) is 0. The fourth-order valence-electron chi connectivity index (χ4n) is 4.01. The molecule has 1 aromatic rings. The lowest BCUT2D eigenvalue weighted by atomic mass is 9.71. The van der Waals surface area contributed by atoms with Crippen LogP contribution in [0.1, 0.15) is 45.6 Å². The summed E-state index contributed by atoms with van der Waals surface area (Å²) in [4.78, 5) is 14.4. The number of amides is 1. The number of piperidine rings is 2. The van der Waals surface area contributed by atoms with Crippen molar-refractivity contribution in [3.63, 3.8) is 0 Å². The second-order valence-electron chi connectivity index (χ2n) is 7.97. The predicted octanol–water partition coefficient (Wildman–Crippen LogP) is 4.40. The highest BCUT2D eigenvalue weighted by Crippen LogP contribution is 2.41. The van der Waals surface area contributed by atoms with Crippen LogP contribution in [0.2, 0.25) is 0 Å². The molecule has 1 saturated carbocycles. The van der Waals surface area contributed by atoms with Gasteiger partial charge in [-0.05, 0) is 76.0 Å². The lowest BCUT2D eigenvalue weighted by Crippen LogP contribution is -2.56. The molecule has 0 aromatic heterocycles. The van der Waals surface area contributed by atoms with E-state index in [2.05, 4.69) is 0 Å². The van der Waals surface area contributed by atoms with E-state index in [9.17, 15) is 9.18 Å². The summed E-state index contributed by atoms with van der Waals surface area (Å²) in [5.41, 5.74) is 0.688. The minimum Gasteiger partial charge on any atom is -0.444 e. The zero-order valence-electron chi connectivity index (χ0n) is 14.2. The standard InChI is InChI=1S/C19H26FNO2/c1-19(2,3)23-18(22)21-12-14-6-9-17(21)15(11-14)10-13-4-7-16(20)8-5-13/h4-5,7-8,14-15,17H,6,9-12H2,1-3H3/t14-,15-,17+/m1/s1. The summed E-state index contributed by atoms with van der Waals surface area (Å²) in [6.45, 7) is 6.54. The van der Waals surface area contributed by atoms with E-state index in [0.29, 0.717) is 11.8 Å². The van der Waals surface area contributed by atoms with Crippen LogP contribution in [-0.2, 0) is 11.2 Å². The van der Waals surface area contributed by atoms with Crippen LogP contribution < -0.4 is 0 Å². The Balaban J connectivity index is 1.70. The first-order valence-corrected chi connectivity index (χ1v) is 8.56. The van der Waals surface area contributed by atoms with Crippen LogP contribution in [0.3, 0.4) is 0 Å². The maximum Gasteiger partial charge on any atom is 0.410 e. The maximum atomic E-state index is 13.1. The van der Waals surface area contributed by atoms with Gasteiger partial charge in [-0.2, -0.15) is 0 Å². The van der Waals surface area contributed by atoms with Crippen LogP contribution in [0.15, 0.2) is 24.3 Å². The number of benzene rings is 1. The smallest absolute Gasteiger partial charge is 0.410 e. The highest BCUT2D eigenvalue weighted by molar-refractivity contribution is 5.69. The normalized spacial score (nSPS) is 27.1. The largest absolute Gasteiger partial charge is 0.444 e. The Kier molecular flexibility index (Phi) is 4.35. The van der Waals surface area contributed by atoms with E-state index in [1.807, 2.05) is 37.8 Å². The van der Waals surface area contributed by atoms with E-state index in [-0.39, 0.29) is 18.0 Å². The van der Waals surface area contributed by atoms with Crippen LogP contribution in [0.5, 0.6) is 0 Å². The molecular formula is C19H26FNO2. The van der Waals surface area contributed by atoms with Gasteiger partial charge in [0, 0.05) is 12.6 Å². The first-order chi connectivity index (χ1) is 10.8. The van der Waals surface area contributed by atoms with E-state index in [1.165, 1.54) is 18.6 Å². The van der Waals surface area contributed by atoms with Crippen LogP contribution in [0.4, 0.5) is 9.18 Å². The molecule has 3 nitrogen and oxygen atoms in total. The first-order valence-electron chi connectivity index (χ1n) is 8.56. The van der Waals surface area contributed by atoms with Gasteiger partial charge >= 0.3 is 6.09 Å². The summed E-state index contributed by atoms with van der Waals surface area (Å²) in [5.74, 6) is 0.813. The molecule has 3 fully saturated rings. The van der Waals surface area contributed by atoms with Gasteiger partial charge in [-0.3, -0.25) is 0 Å². The Morgan fingerprint density at radius 3 is 2.57 bits per heavy atom. The summed E-state index contributed by atoms with van der Waals surface area (Å²) in [7, 11) is 0. The fraction of sp³-hybridized carbons (Fsp3) is 0.632. The zero-order chi connectivity index (χ0) is 16.6. The van der Waals surface area contributed by atoms with E-state index in [0.717, 1.165) is 31.4 Å². The van der Waals surface area contributed by atoms with Gasteiger partial charge in [-0.1, -0.05) is 12.1 Å². The number of fused-ring (bicyclic) bond motifs is 3. The second kappa shape index (κ2) is 6.14. The van der Waals surface area contributed by atoms with Gasteiger partial charge in [-0.15, -0.1) is 0 Å². The highest BCUT2D eigenvalue weighted by atomic mass is 19.1. The molecule has 1 aliphatic carbocycles. The highest BCUT2D eigenvalue weighted by Gasteiger charge is 2.43. The predicted molar refractivity (Wildman–Crippen MR) is 87.7 cm³/mol. The Morgan fingerprint density at radius 2 is 1.96 bits per heavy atom. The molecule has 3 atom stereocenters. The van der Waals surface area contributed by atoms with Crippen LogP contribution in [-0.4, -0.2) is 29.2 Å². The number of hydrogen-bond acceptors (Lipinski definition) is 2. The minimum atomic E-state index is -0.458. The molecule has 0 spiro atoms. The van der Waals surface area contributed by atoms with Gasteiger partial charge in [0.25, 0.3) is 0 Å².